The van der Waals surface area contributed by atoms with E-state index in [-0.39, 0.29) is 11.7 Å². The second kappa shape index (κ2) is 6.93. The van der Waals surface area contributed by atoms with E-state index in [1.165, 1.54) is 24.5 Å². The number of phenols is 1. The van der Waals surface area contributed by atoms with E-state index >= 15 is 0 Å². The molecule has 110 valence electrons. The molecule has 0 aliphatic carbocycles. The Labute approximate surface area is 125 Å². The number of unbranched alkanes of at least 4 members (excludes halogenated alkanes) is 1. The summed E-state index contributed by atoms with van der Waals surface area (Å²) in [7, 11) is 0. The first-order valence-corrected chi connectivity index (χ1v) is 7.30. The number of hydrogen-bond donors (Lipinski definition) is 2. The van der Waals surface area contributed by atoms with E-state index in [1.807, 2.05) is 24.3 Å². The van der Waals surface area contributed by atoms with Gasteiger partial charge < -0.3 is 10.4 Å². The van der Waals surface area contributed by atoms with Gasteiger partial charge >= 0.3 is 0 Å². The van der Waals surface area contributed by atoms with E-state index in [9.17, 15) is 9.90 Å². The summed E-state index contributed by atoms with van der Waals surface area (Å²) in [6.07, 6.45) is 3.42. The zero-order chi connectivity index (χ0) is 15.2. The van der Waals surface area contributed by atoms with Crippen LogP contribution in [0.15, 0.2) is 42.5 Å². The van der Waals surface area contributed by atoms with Crippen LogP contribution in [0.4, 0.5) is 5.69 Å². The van der Waals surface area contributed by atoms with E-state index in [0.717, 1.165) is 17.7 Å². The Balaban J connectivity index is 2.03. The van der Waals surface area contributed by atoms with Crippen molar-refractivity contribution in [2.75, 3.05) is 5.32 Å². The Morgan fingerprint density at radius 1 is 1.14 bits per heavy atom. The van der Waals surface area contributed by atoms with Crippen molar-refractivity contribution in [1.29, 1.82) is 0 Å². The molecule has 2 aromatic carbocycles. The van der Waals surface area contributed by atoms with Crippen molar-refractivity contribution in [3.63, 3.8) is 0 Å². The molecule has 0 unspecified atom stereocenters. The summed E-state index contributed by atoms with van der Waals surface area (Å²) < 4.78 is 0. The van der Waals surface area contributed by atoms with Crippen LogP contribution < -0.4 is 5.32 Å². The summed E-state index contributed by atoms with van der Waals surface area (Å²) in [4.78, 5) is 12.1. The molecule has 0 bridgehead atoms. The molecule has 0 saturated heterocycles. The molecule has 0 heterocycles. The van der Waals surface area contributed by atoms with Gasteiger partial charge in [0.1, 0.15) is 5.75 Å². The van der Waals surface area contributed by atoms with E-state index in [4.69, 9.17) is 0 Å². The lowest BCUT2D eigenvalue weighted by molar-refractivity contribution is 0.102. The van der Waals surface area contributed by atoms with Crippen molar-refractivity contribution >= 4 is 11.6 Å². The standard InChI is InChI=1S/C18H21NO2/c1-3-4-5-14-7-10-16(11-8-14)19-18(21)15-9-6-13(2)17(20)12-15/h6-12,20H,3-5H2,1-2H3,(H,19,21). The zero-order valence-electron chi connectivity index (χ0n) is 12.5. The highest BCUT2D eigenvalue weighted by Crippen LogP contribution is 2.19. The summed E-state index contributed by atoms with van der Waals surface area (Å²) in [6, 6.07) is 12.8. The summed E-state index contributed by atoms with van der Waals surface area (Å²) in [5.74, 6) is -0.0795. The smallest absolute Gasteiger partial charge is 0.255 e. The number of aromatic hydroxyl groups is 1. The number of carbonyl (C=O) groups is 1. The normalized spacial score (nSPS) is 10.4. The van der Waals surface area contributed by atoms with Crippen LogP contribution in [-0.4, -0.2) is 11.0 Å². The summed E-state index contributed by atoms with van der Waals surface area (Å²) in [5, 5.41) is 12.5. The highest BCUT2D eigenvalue weighted by molar-refractivity contribution is 6.04. The van der Waals surface area contributed by atoms with Gasteiger partial charge in [0.15, 0.2) is 0 Å². The van der Waals surface area contributed by atoms with Gasteiger partial charge in [-0.1, -0.05) is 31.5 Å². The van der Waals surface area contributed by atoms with E-state index in [0.29, 0.717) is 5.56 Å². The molecule has 0 fully saturated rings. The quantitative estimate of drug-likeness (QED) is 0.859. The monoisotopic (exact) mass is 283 g/mol. The third-order valence-corrected chi connectivity index (χ3v) is 3.50. The van der Waals surface area contributed by atoms with Gasteiger partial charge in [0.05, 0.1) is 0 Å². The van der Waals surface area contributed by atoms with Gasteiger partial charge in [0.25, 0.3) is 5.91 Å². The SMILES string of the molecule is CCCCc1ccc(NC(=O)c2ccc(C)c(O)c2)cc1. The lowest BCUT2D eigenvalue weighted by Gasteiger charge is -2.07. The molecule has 0 spiro atoms. The predicted octanol–water partition coefficient (Wildman–Crippen LogP) is 4.30. The first kappa shape index (κ1) is 15.1. The fourth-order valence-corrected chi connectivity index (χ4v) is 2.09. The van der Waals surface area contributed by atoms with Crippen molar-refractivity contribution in [2.45, 2.75) is 33.1 Å². The highest BCUT2D eigenvalue weighted by atomic mass is 16.3. The molecule has 0 saturated carbocycles. The molecule has 2 aromatic rings. The summed E-state index contributed by atoms with van der Waals surface area (Å²) in [6.45, 7) is 3.97. The van der Waals surface area contributed by atoms with Crippen LogP contribution in [0, 0.1) is 6.92 Å². The van der Waals surface area contributed by atoms with Crippen LogP contribution in [0.25, 0.3) is 0 Å². The maximum absolute atomic E-state index is 12.1. The number of amides is 1. The van der Waals surface area contributed by atoms with Crippen molar-refractivity contribution < 1.29 is 9.90 Å². The van der Waals surface area contributed by atoms with Gasteiger partial charge in [0, 0.05) is 11.3 Å². The molecule has 0 aromatic heterocycles. The Morgan fingerprint density at radius 3 is 2.48 bits per heavy atom. The molecular weight excluding hydrogens is 262 g/mol. The zero-order valence-corrected chi connectivity index (χ0v) is 12.5. The number of carbonyl (C=O) groups excluding carboxylic acids is 1. The predicted molar refractivity (Wildman–Crippen MR) is 85.9 cm³/mol. The number of aryl methyl sites for hydroxylation is 2. The van der Waals surface area contributed by atoms with Gasteiger partial charge in [-0.15, -0.1) is 0 Å². The third-order valence-electron chi connectivity index (χ3n) is 3.50. The Hall–Kier alpha value is -2.29. The fourth-order valence-electron chi connectivity index (χ4n) is 2.09. The third kappa shape index (κ3) is 4.09. The van der Waals surface area contributed by atoms with E-state index < -0.39 is 0 Å². The van der Waals surface area contributed by atoms with Crippen molar-refractivity contribution in [3.8, 4) is 5.75 Å². The minimum Gasteiger partial charge on any atom is -0.508 e. The van der Waals surface area contributed by atoms with Gasteiger partial charge in [-0.25, -0.2) is 0 Å². The number of benzene rings is 2. The molecule has 0 radical (unpaired) electrons. The Kier molecular flexibility index (Phi) is 4.99. The van der Waals surface area contributed by atoms with Crippen LogP contribution in [0.1, 0.15) is 41.3 Å². The second-order valence-electron chi connectivity index (χ2n) is 5.26. The first-order chi connectivity index (χ1) is 10.1. The van der Waals surface area contributed by atoms with Crippen LogP contribution >= 0.6 is 0 Å². The number of rotatable bonds is 5. The number of anilines is 1. The molecule has 0 aliphatic heterocycles. The van der Waals surface area contributed by atoms with Gasteiger partial charge in [-0.2, -0.15) is 0 Å². The van der Waals surface area contributed by atoms with Crippen molar-refractivity contribution in [3.05, 3.63) is 59.2 Å². The van der Waals surface area contributed by atoms with E-state index in [2.05, 4.69) is 12.2 Å². The second-order valence-corrected chi connectivity index (χ2v) is 5.26. The lowest BCUT2D eigenvalue weighted by atomic mass is 10.1. The first-order valence-electron chi connectivity index (χ1n) is 7.30. The minimum atomic E-state index is -0.216. The van der Waals surface area contributed by atoms with Crippen LogP contribution in [0.5, 0.6) is 5.75 Å². The molecule has 2 N–H and O–H groups in total. The lowest BCUT2D eigenvalue weighted by Crippen LogP contribution is -2.11. The molecule has 3 heteroatoms. The van der Waals surface area contributed by atoms with Crippen LogP contribution in [0.2, 0.25) is 0 Å². The maximum atomic E-state index is 12.1. The van der Waals surface area contributed by atoms with Crippen molar-refractivity contribution in [1.82, 2.24) is 0 Å². The average Bonchev–Trinajstić information content (AvgIpc) is 2.49. The Morgan fingerprint density at radius 2 is 1.86 bits per heavy atom. The summed E-state index contributed by atoms with van der Waals surface area (Å²) in [5.41, 5.74) is 3.25. The van der Waals surface area contributed by atoms with Gasteiger partial charge in [0.2, 0.25) is 0 Å². The fraction of sp³-hybridized carbons (Fsp3) is 0.278. The highest BCUT2D eigenvalue weighted by Gasteiger charge is 2.08. The van der Waals surface area contributed by atoms with Gasteiger partial charge in [-0.05, 0) is 55.2 Å². The Bertz CT molecular complexity index is 618. The molecule has 0 aliphatic rings. The average molecular weight is 283 g/mol. The van der Waals surface area contributed by atoms with Gasteiger partial charge in [-0.3, -0.25) is 4.79 Å². The summed E-state index contributed by atoms with van der Waals surface area (Å²) >= 11 is 0. The molecule has 1 amide bonds. The number of hydrogen-bond acceptors (Lipinski definition) is 2. The topological polar surface area (TPSA) is 49.3 Å². The van der Waals surface area contributed by atoms with Crippen molar-refractivity contribution in [2.24, 2.45) is 0 Å². The van der Waals surface area contributed by atoms with Crippen LogP contribution in [0.3, 0.4) is 0 Å². The number of phenolic OH excluding ortho intramolecular Hbond substituents is 1. The number of nitrogens with one attached hydrogen (secondary N) is 1. The molecule has 21 heavy (non-hydrogen) atoms. The molecule has 2 rings (SSSR count). The maximum Gasteiger partial charge on any atom is 0.255 e. The minimum absolute atomic E-state index is 0.137. The van der Waals surface area contributed by atoms with Crippen LogP contribution in [-0.2, 0) is 6.42 Å². The molecule has 0 atom stereocenters. The molecular formula is C18H21NO2. The molecule has 3 nitrogen and oxygen atoms in total. The largest absolute Gasteiger partial charge is 0.508 e. The van der Waals surface area contributed by atoms with E-state index in [1.54, 1.807) is 19.1 Å².